The second kappa shape index (κ2) is 7.91. The van der Waals surface area contributed by atoms with Crippen molar-refractivity contribution >= 4 is 17.2 Å². The van der Waals surface area contributed by atoms with Crippen molar-refractivity contribution < 1.29 is 18.8 Å². The van der Waals surface area contributed by atoms with E-state index in [4.69, 9.17) is 14.0 Å². The van der Waals surface area contributed by atoms with Crippen LogP contribution in [-0.4, -0.2) is 39.5 Å². The van der Waals surface area contributed by atoms with Crippen LogP contribution in [0, 0.1) is 0 Å². The number of rotatable bonds is 4. The number of fused-ring (bicyclic) bond motifs is 1. The Hall–Kier alpha value is -2.80. The minimum absolute atomic E-state index is 0.394. The molecule has 1 aliphatic rings. The number of ether oxygens (including phenoxy) is 1. The first-order chi connectivity index (χ1) is 13.9. The van der Waals surface area contributed by atoms with Crippen LogP contribution in [0.4, 0.5) is 4.79 Å². The van der Waals surface area contributed by atoms with E-state index in [1.165, 1.54) is 10.9 Å². The fourth-order valence-corrected chi connectivity index (χ4v) is 3.81. The normalized spacial score (nSPS) is 16.2. The van der Waals surface area contributed by atoms with Crippen molar-refractivity contribution in [3.8, 4) is 0 Å². The zero-order chi connectivity index (χ0) is 20.4. The van der Waals surface area contributed by atoms with Gasteiger partial charge in [0.2, 0.25) is 0 Å². The van der Waals surface area contributed by atoms with Crippen molar-refractivity contribution in [1.82, 2.24) is 14.6 Å². The number of pyridine rings is 1. The predicted octanol–water partition coefficient (Wildman–Crippen LogP) is 4.72. The molecule has 0 aromatic carbocycles. The largest absolute Gasteiger partial charge is 0.528 e. The van der Waals surface area contributed by atoms with Crippen molar-refractivity contribution in [2.24, 2.45) is 0 Å². The van der Waals surface area contributed by atoms with E-state index in [0.29, 0.717) is 19.0 Å². The third-order valence-corrected chi connectivity index (χ3v) is 5.08. The number of furan rings is 1. The zero-order valence-electron chi connectivity index (χ0n) is 17.1. The molecule has 0 atom stereocenters. The summed E-state index contributed by atoms with van der Waals surface area (Å²) in [6, 6.07) is 6.09. The maximum absolute atomic E-state index is 11.9. The summed E-state index contributed by atoms with van der Waals surface area (Å²) in [7, 11) is 0. The van der Waals surface area contributed by atoms with Crippen molar-refractivity contribution in [2.45, 2.75) is 51.7 Å². The number of aromatic nitrogens is 2. The molecule has 0 N–H and O–H groups in total. The molecule has 29 heavy (non-hydrogen) atoms. The highest BCUT2D eigenvalue weighted by Gasteiger charge is 2.27. The first-order valence-corrected chi connectivity index (χ1v) is 10.00. The van der Waals surface area contributed by atoms with E-state index in [1.807, 2.05) is 39.1 Å². The summed E-state index contributed by atoms with van der Waals surface area (Å²) in [6.07, 6.45) is 8.66. The molecule has 1 saturated heterocycles. The summed E-state index contributed by atoms with van der Waals surface area (Å²) in [4.78, 5) is 21.9. The molecule has 0 aliphatic carbocycles. The maximum Gasteiger partial charge on any atom is 0.528 e. The lowest BCUT2D eigenvalue weighted by molar-refractivity contribution is -0.152. The molecular formula is C22H27N3O4. The Labute approximate surface area is 170 Å². The molecular weight excluding hydrogens is 370 g/mol. The Bertz CT molecular complexity index is 964. The highest BCUT2D eigenvalue weighted by atomic mass is 16.8. The smallest absolute Gasteiger partial charge is 0.472 e. The highest BCUT2D eigenvalue weighted by Crippen LogP contribution is 2.34. The lowest BCUT2D eigenvalue weighted by Gasteiger charge is -2.31. The van der Waals surface area contributed by atoms with Gasteiger partial charge in [0, 0.05) is 36.4 Å². The van der Waals surface area contributed by atoms with Gasteiger partial charge in [0.05, 0.1) is 19.1 Å². The molecule has 3 aromatic rings. The summed E-state index contributed by atoms with van der Waals surface area (Å²) < 4.78 is 12.6. The van der Waals surface area contributed by atoms with Crippen LogP contribution in [0.5, 0.6) is 0 Å². The van der Waals surface area contributed by atoms with E-state index in [1.54, 1.807) is 17.6 Å². The standard InChI is InChI=1S/C22H27N3O4/c1-22(2,3)28-21(26)29-25-10-6-17(7-11-25)19-14-24(13-16-8-12-27-15-16)20-18(19)5-4-9-23-20/h4-5,8-9,12,14-15,17H,6-7,10-11,13H2,1-3H3. The maximum atomic E-state index is 11.9. The summed E-state index contributed by atoms with van der Waals surface area (Å²) in [5.74, 6) is 0.394. The second-order valence-corrected chi connectivity index (χ2v) is 8.48. The molecule has 0 bridgehead atoms. The third-order valence-electron chi connectivity index (χ3n) is 5.08. The molecule has 0 spiro atoms. The topological polar surface area (TPSA) is 69.7 Å². The Morgan fingerprint density at radius 3 is 2.76 bits per heavy atom. The molecule has 0 saturated carbocycles. The van der Waals surface area contributed by atoms with E-state index < -0.39 is 11.8 Å². The number of hydrogen-bond donors (Lipinski definition) is 0. The van der Waals surface area contributed by atoms with E-state index in [-0.39, 0.29) is 0 Å². The molecule has 154 valence electrons. The van der Waals surface area contributed by atoms with E-state index in [0.717, 1.165) is 30.6 Å². The van der Waals surface area contributed by atoms with Gasteiger partial charge in [-0.15, -0.1) is 5.06 Å². The van der Waals surface area contributed by atoms with Gasteiger partial charge in [-0.05, 0) is 63.3 Å². The van der Waals surface area contributed by atoms with Gasteiger partial charge in [-0.25, -0.2) is 9.78 Å². The summed E-state index contributed by atoms with van der Waals surface area (Å²) >= 11 is 0. The van der Waals surface area contributed by atoms with Crippen molar-refractivity contribution in [2.75, 3.05) is 13.1 Å². The lowest BCUT2D eigenvalue weighted by atomic mass is 9.90. The molecule has 3 aromatic heterocycles. The van der Waals surface area contributed by atoms with Gasteiger partial charge in [0.1, 0.15) is 11.2 Å². The van der Waals surface area contributed by atoms with Crippen LogP contribution in [0.25, 0.3) is 11.0 Å². The van der Waals surface area contributed by atoms with Gasteiger partial charge < -0.3 is 18.6 Å². The average Bonchev–Trinajstić information content (AvgIpc) is 3.30. The molecule has 7 heteroatoms. The third kappa shape index (κ3) is 4.62. The van der Waals surface area contributed by atoms with E-state index in [9.17, 15) is 4.79 Å². The fourth-order valence-electron chi connectivity index (χ4n) is 3.81. The quantitative estimate of drug-likeness (QED) is 0.593. The SMILES string of the molecule is CC(C)(C)OC(=O)ON1CCC(c2cn(Cc3ccoc3)c3ncccc23)CC1. The Kier molecular flexibility index (Phi) is 5.32. The Morgan fingerprint density at radius 2 is 2.07 bits per heavy atom. The number of carbonyl (C=O) groups is 1. The highest BCUT2D eigenvalue weighted by molar-refractivity contribution is 5.81. The van der Waals surface area contributed by atoms with Crippen molar-refractivity contribution in [3.05, 3.63) is 54.2 Å². The van der Waals surface area contributed by atoms with Crippen molar-refractivity contribution in [3.63, 3.8) is 0 Å². The minimum atomic E-state index is -0.642. The summed E-state index contributed by atoms with van der Waals surface area (Å²) in [6.45, 7) is 7.57. The van der Waals surface area contributed by atoms with Gasteiger partial charge in [-0.3, -0.25) is 0 Å². The molecule has 0 unspecified atom stereocenters. The number of carbonyl (C=O) groups excluding carboxylic acids is 1. The second-order valence-electron chi connectivity index (χ2n) is 8.48. The number of hydrogen-bond acceptors (Lipinski definition) is 6. The number of nitrogens with zero attached hydrogens (tertiary/aromatic N) is 3. The Morgan fingerprint density at radius 1 is 1.28 bits per heavy atom. The fraction of sp³-hybridized carbons (Fsp3) is 0.455. The molecule has 4 heterocycles. The minimum Gasteiger partial charge on any atom is -0.472 e. The zero-order valence-corrected chi connectivity index (χ0v) is 17.1. The molecule has 1 fully saturated rings. The molecule has 7 nitrogen and oxygen atoms in total. The number of hydroxylamine groups is 2. The van der Waals surface area contributed by atoms with Crippen LogP contribution in [0.1, 0.15) is 50.7 Å². The molecule has 0 amide bonds. The average molecular weight is 397 g/mol. The van der Waals surface area contributed by atoms with E-state index >= 15 is 0 Å². The van der Waals surface area contributed by atoms with Gasteiger partial charge in [0.15, 0.2) is 0 Å². The van der Waals surface area contributed by atoms with Gasteiger partial charge in [0.25, 0.3) is 0 Å². The Balaban J connectivity index is 1.45. The predicted molar refractivity (Wildman–Crippen MR) is 108 cm³/mol. The first-order valence-electron chi connectivity index (χ1n) is 10.00. The van der Waals surface area contributed by atoms with Crippen LogP contribution in [0.3, 0.4) is 0 Å². The summed E-state index contributed by atoms with van der Waals surface area (Å²) in [5, 5.41) is 2.88. The van der Waals surface area contributed by atoms with Crippen molar-refractivity contribution in [1.29, 1.82) is 0 Å². The van der Waals surface area contributed by atoms with Crippen LogP contribution < -0.4 is 0 Å². The van der Waals surface area contributed by atoms with Crippen LogP contribution in [0.15, 0.2) is 47.5 Å². The van der Waals surface area contributed by atoms with Crippen LogP contribution in [0.2, 0.25) is 0 Å². The van der Waals surface area contributed by atoms with E-state index in [2.05, 4.69) is 21.8 Å². The van der Waals surface area contributed by atoms with Crippen LogP contribution in [-0.2, 0) is 16.1 Å². The first kappa shape index (κ1) is 19.5. The lowest BCUT2D eigenvalue weighted by Crippen LogP contribution is -2.37. The summed E-state index contributed by atoms with van der Waals surface area (Å²) in [5.41, 5.74) is 2.84. The van der Waals surface area contributed by atoms with Gasteiger partial charge >= 0.3 is 6.16 Å². The monoisotopic (exact) mass is 397 g/mol. The molecule has 0 radical (unpaired) electrons. The number of piperidine rings is 1. The van der Waals surface area contributed by atoms with Gasteiger partial charge in [-0.2, -0.15) is 0 Å². The molecule has 1 aliphatic heterocycles. The van der Waals surface area contributed by atoms with Gasteiger partial charge in [-0.1, -0.05) is 0 Å². The van der Waals surface area contributed by atoms with Crippen LogP contribution >= 0.6 is 0 Å². The molecule has 4 rings (SSSR count).